The van der Waals surface area contributed by atoms with Crippen LogP contribution in [0.2, 0.25) is 0 Å². The van der Waals surface area contributed by atoms with E-state index < -0.39 is 11.6 Å². The maximum absolute atomic E-state index is 11.4. The predicted octanol–water partition coefficient (Wildman–Crippen LogP) is 3.61. The van der Waals surface area contributed by atoms with Crippen molar-refractivity contribution in [2.75, 3.05) is 0 Å². The molecule has 120 valence electrons. The molecule has 6 heteroatoms. The van der Waals surface area contributed by atoms with Crippen molar-refractivity contribution in [1.82, 2.24) is 4.98 Å². The van der Waals surface area contributed by atoms with Crippen LogP contribution in [0.3, 0.4) is 0 Å². The predicted molar refractivity (Wildman–Crippen MR) is 86.5 cm³/mol. The van der Waals surface area contributed by atoms with E-state index in [1.807, 2.05) is 0 Å². The molecule has 0 amide bonds. The number of fused-ring (bicyclic) bond motifs is 1. The fraction of sp³-hybridized carbons (Fsp3) is 0.167. The van der Waals surface area contributed by atoms with Gasteiger partial charge in [-0.1, -0.05) is 12.1 Å². The zero-order valence-corrected chi connectivity index (χ0v) is 13.1. The van der Waals surface area contributed by atoms with Crippen molar-refractivity contribution in [1.29, 1.82) is 5.26 Å². The molecule has 0 radical (unpaired) electrons. The molecule has 1 heterocycles. The number of carboxylic acids is 1. The van der Waals surface area contributed by atoms with Crippen molar-refractivity contribution in [3.8, 4) is 22.9 Å². The van der Waals surface area contributed by atoms with Crippen LogP contribution in [-0.4, -0.2) is 21.7 Å². The topological polar surface area (TPSA) is 96.4 Å². The molecule has 0 spiro atoms. The number of benzene rings is 2. The van der Waals surface area contributed by atoms with Gasteiger partial charge in [0.15, 0.2) is 17.6 Å². The molecule has 3 rings (SSSR count). The van der Waals surface area contributed by atoms with Gasteiger partial charge < -0.3 is 14.3 Å². The van der Waals surface area contributed by atoms with E-state index in [1.54, 1.807) is 36.4 Å². The smallest absolute Gasteiger partial charge is 0.347 e. The van der Waals surface area contributed by atoms with E-state index in [9.17, 15) is 9.90 Å². The van der Waals surface area contributed by atoms with Crippen molar-refractivity contribution in [3.63, 3.8) is 0 Å². The molecule has 24 heavy (non-hydrogen) atoms. The largest absolute Gasteiger partial charge is 0.478 e. The Morgan fingerprint density at radius 2 is 1.96 bits per heavy atom. The summed E-state index contributed by atoms with van der Waals surface area (Å²) in [5.41, 5.74) is 1.59. The Labute approximate surface area is 137 Å². The van der Waals surface area contributed by atoms with E-state index in [0.29, 0.717) is 28.0 Å². The van der Waals surface area contributed by atoms with Gasteiger partial charge in [0.1, 0.15) is 11.3 Å². The number of hydrogen-bond donors (Lipinski definition) is 1. The van der Waals surface area contributed by atoms with Crippen LogP contribution in [-0.2, 0) is 4.79 Å². The number of nitrogens with zero attached hydrogens (tertiary/aromatic N) is 2. The van der Waals surface area contributed by atoms with Gasteiger partial charge in [0.2, 0.25) is 0 Å². The number of ether oxygens (including phenoxy) is 1. The Hall–Kier alpha value is -3.33. The van der Waals surface area contributed by atoms with Crippen molar-refractivity contribution in [2.45, 2.75) is 19.4 Å². The lowest BCUT2D eigenvalue weighted by atomic mass is 10.0. The summed E-state index contributed by atoms with van der Waals surface area (Å²) in [4.78, 5) is 15.5. The highest BCUT2D eigenvalue weighted by Crippen LogP contribution is 2.38. The van der Waals surface area contributed by atoms with Gasteiger partial charge in [-0.15, -0.1) is 0 Å². The fourth-order valence-electron chi connectivity index (χ4n) is 2.30. The molecule has 0 bridgehead atoms. The molecule has 1 aromatic heterocycles. The molecule has 0 atom stereocenters. The van der Waals surface area contributed by atoms with Gasteiger partial charge in [-0.05, 0) is 43.7 Å². The number of aliphatic carboxylic acids is 1. The lowest BCUT2D eigenvalue weighted by molar-refractivity contribution is -0.152. The quantitative estimate of drug-likeness (QED) is 0.788. The number of oxazole rings is 1. The van der Waals surface area contributed by atoms with E-state index in [0.717, 1.165) is 5.56 Å². The molecule has 0 unspecified atom stereocenters. The maximum atomic E-state index is 11.4. The van der Waals surface area contributed by atoms with Gasteiger partial charge in [-0.25, -0.2) is 9.78 Å². The van der Waals surface area contributed by atoms with E-state index in [2.05, 4.69) is 11.1 Å². The average molecular weight is 322 g/mol. The van der Waals surface area contributed by atoms with Crippen molar-refractivity contribution < 1.29 is 19.1 Å². The highest BCUT2D eigenvalue weighted by Gasteiger charge is 2.31. The van der Waals surface area contributed by atoms with Crippen LogP contribution in [0.15, 0.2) is 47.2 Å². The van der Waals surface area contributed by atoms with Gasteiger partial charge in [0.05, 0.1) is 17.2 Å². The number of aromatic nitrogens is 1. The summed E-state index contributed by atoms with van der Waals surface area (Å²) in [5.74, 6) is -0.706. The van der Waals surface area contributed by atoms with Crippen LogP contribution in [0.5, 0.6) is 5.75 Å². The summed E-state index contributed by atoms with van der Waals surface area (Å²) in [5, 5.41) is 18.2. The van der Waals surface area contributed by atoms with Gasteiger partial charge in [-0.3, -0.25) is 0 Å². The molecule has 0 saturated heterocycles. The molecule has 6 nitrogen and oxygen atoms in total. The third kappa shape index (κ3) is 2.68. The van der Waals surface area contributed by atoms with Crippen molar-refractivity contribution in [3.05, 3.63) is 48.4 Å². The average Bonchev–Trinajstić information content (AvgIpc) is 3.03. The number of hydrogen-bond acceptors (Lipinski definition) is 5. The first kappa shape index (κ1) is 15.6. The fourth-order valence-corrected chi connectivity index (χ4v) is 2.30. The van der Waals surface area contributed by atoms with Crippen LogP contribution in [0.25, 0.3) is 22.2 Å². The van der Waals surface area contributed by atoms with Crippen molar-refractivity contribution >= 4 is 17.1 Å². The second kappa shape index (κ2) is 5.70. The first-order chi connectivity index (χ1) is 11.4. The van der Waals surface area contributed by atoms with E-state index in [4.69, 9.17) is 14.4 Å². The summed E-state index contributed by atoms with van der Waals surface area (Å²) in [6, 6.07) is 12.3. The summed E-state index contributed by atoms with van der Waals surface area (Å²) in [6.45, 7) is 2.95. The van der Waals surface area contributed by atoms with Crippen molar-refractivity contribution in [2.24, 2.45) is 0 Å². The van der Waals surface area contributed by atoms with Gasteiger partial charge in [0, 0.05) is 0 Å². The maximum Gasteiger partial charge on any atom is 0.347 e. The van der Waals surface area contributed by atoms with E-state index in [-0.39, 0.29) is 0 Å². The molecule has 3 aromatic rings. The molecule has 0 aliphatic rings. The minimum absolute atomic E-state index is 0.372. The van der Waals surface area contributed by atoms with Gasteiger partial charge in [-0.2, -0.15) is 5.26 Å². The van der Waals surface area contributed by atoms with E-state index in [1.165, 1.54) is 20.2 Å². The number of nitriles is 1. The Kier molecular flexibility index (Phi) is 3.70. The standard InChI is InChI=1S/C18H14N2O4/c1-18(2,17(21)22)24-14-8-7-13-16(23-10-20-13)15(14)12-5-3-11(9-19)4-6-12/h3-8,10H,1-2H3,(H,21,22). The molecule has 0 saturated carbocycles. The normalized spacial score (nSPS) is 11.2. The Balaban J connectivity index is 2.19. The zero-order chi connectivity index (χ0) is 17.3. The number of carboxylic acid groups (broad SMARTS) is 1. The van der Waals surface area contributed by atoms with Crippen LogP contribution >= 0.6 is 0 Å². The molecule has 0 aliphatic heterocycles. The lowest BCUT2D eigenvalue weighted by Crippen LogP contribution is -2.38. The SMILES string of the molecule is CC(C)(Oc1ccc2ncoc2c1-c1ccc(C#N)cc1)C(=O)O. The number of carbonyl (C=O) groups is 1. The summed E-state index contributed by atoms with van der Waals surface area (Å²) in [7, 11) is 0. The highest BCUT2D eigenvalue weighted by molar-refractivity contribution is 5.94. The molecular formula is C18H14N2O4. The van der Waals surface area contributed by atoms with E-state index >= 15 is 0 Å². The molecule has 2 aromatic carbocycles. The third-order valence-electron chi connectivity index (χ3n) is 3.64. The number of rotatable bonds is 4. The summed E-state index contributed by atoms with van der Waals surface area (Å²) >= 11 is 0. The molecule has 0 aliphatic carbocycles. The lowest BCUT2D eigenvalue weighted by Gasteiger charge is -2.23. The van der Waals surface area contributed by atoms with Crippen LogP contribution in [0, 0.1) is 11.3 Å². The molecular weight excluding hydrogens is 308 g/mol. The summed E-state index contributed by atoms with van der Waals surface area (Å²) < 4.78 is 11.2. The third-order valence-corrected chi connectivity index (χ3v) is 3.64. The minimum Gasteiger partial charge on any atom is -0.478 e. The summed E-state index contributed by atoms with van der Waals surface area (Å²) in [6.07, 6.45) is 1.32. The van der Waals surface area contributed by atoms with Crippen LogP contribution < -0.4 is 4.74 Å². The highest BCUT2D eigenvalue weighted by atomic mass is 16.5. The molecule has 0 fully saturated rings. The van der Waals surface area contributed by atoms with Gasteiger partial charge in [0.25, 0.3) is 0 Å². The first-order valence-corrected chi connectivity index (χ1v) is 7.21. The zero-order valence-electron chi connectivity index (χ0n) is 13.1. The second-order valence-corrected chi connectivity index (χ2v) is 5.75. The Morgan fingerprint density at radius 3 is 2.58 bits per heavy atom. The van der Waals surface area contributed by atoms with Crippen LogP contribution in [0.1, 0.15) is 19.4 Å². The second-order valence-electron chi connectivity index (χ2n) is 5.75. The molecule has 1 N–H and O–H groups in total. The first-order valence-electron chi connectivity index (χ1n) is 7.21. The Morgan fingerprint density at radius 1 is 1.25 bits per heavy atom. The van der Waals surface area contributed by atoms with Crippen LogP contribution in [0.4, 0.5) is 0 Å². The minimum atomic E-state index is -1.41. The monoisotopic (exact) mass is 322 g/mol. The Bertz CT molecular complexity index is 949. The van der Waals surface area contributed by atoms with Gasteiger partial charge >= 0.3 is 5.97 Å².